The maximum Gasteiger partial charge on any atom is 0.147 e. The molecule has 1 N–H and O–H groups in total. The van der Waals surface area contributed by atoms with Crippen LogP contribution >= 0.6 is 15.9 Å². The van der Waals surface area contributed by atoms with Gasteiger partial charge in [0.2, 0.25) is 0 Å². The molecule has 76 valence electrons. The summed E-state index contributed by atoms with van der Waals surface area (Å²) in [7, 11) is 0. The molecule has 1 fully saturated rings. The molecule has 0 aliphatic carbocycles. The minimum absolute atomic E-state index is 0.128. The van der Waals surface area contributed by atoms with E-state index >= 15 is 0 Å². The number of ether oxygens (including phenoxy) is 1. The van der Waals surface area contributed by atoms with Crippen molar-refractivity contribution in [1.82, 2.24) is 10.3 Å². The molecule has 1 aromatic heterocycles. The molecule has 1 aromatic rings. The highest BCUT2D eigenvalue weighted by Crippen LogP contribution is 2.19. The standard InChI is InChI=1S/C9H10BrFN2O/c10-6-3-7(11)9(13-4-6)8-5-14-2-1-12-8/h3-4,8,12H,1-2,5H2. The predicted molar refractivity (Wildman–Crippen MR) is 53.5 cm³/mol. The van der Waals surface area contributed by atoms with Gasteiger partial charge < -0.3 is 10.1 Å². The number of aromatic nitrogens is 1. The molecule has 14 heavy (non-hydrogen) atoms. The van der Waals surface area contributed by atoms with Gasteiger partial charge in [0.15, 0.2) is 0 Å². The van der Waals surface area contributed by atoms with Crippen molar-refractivity contribution in [1.29, 1.82) is 0 Å². The highest BCUT2D eigenvalue weighted by molar-refractivity contribution is 9.10. The smallest absolute Gasteiger partial charge is 0.147 e. The molecule has 0 aromatic carbocycles. The summed E-state index contributed by atoms with van der Waals surface area (Å²) >= 11 is 3.17. The fraction of sp³-hybridized carbons (Fsp3) is 0.444. The zero-order chi connectivity index (χ0) is 9.97. The SMILES string of the molecule is Fc1cc(Br)cnc1C1COCCN1. The van der Waals surface area contributed by atoms with E-state index in [4.69, 9.17) is 4.74 Å². The number of rotatable bonds is 1. The summed E-state index contributed by atoms with van der Waals surface area (Å²) in [6, 6.07) is 1.29. The zero-order valence-corrected chi connectivity index (χ0v) is 9.05. The fourth-order valence-corrected chi connectivity index (χ4v) is 1.73. The van der Waals surface area contributed by atoms with E-state index in [0.717, 1.165) is 6.54 Å². The minimum Gasteiger partial charge on any atom is -0.378 e. The van der Waals surface area contributed by atoms with Crippen molar-refractivity contribution >= 4 is 15.9 Å². The fourth-order valence-electron chi connectivity index (χ4n) is 1.42. The molecule has 5 heteroatoms. The van der Waals surface area contributed by atoms with Gasteiger partial charge in [0.05, 0.1) is 24.9 Å². The Kier molecular flexibility index (Phi) is 3.10. The average molecular weight is 261 g/mol. The van der Waals surface area contributed by atoms with Crippen LogP contribution in [0.5, 0.6) is 0 Å². The highest BCUT2D eigenvalue weighted by Gasteiger charge is 2.19. The van der Waals surface area contributed by atoms with Gasteiger partial charge in [0.1, 0.15) is 5.82 Å². The van der Waals surface area contributed by atoms with Crippen LogP contribution in [0.2, 0.25) is 0 Å². The molecular formula is C9H10BrFN2O. The first-order valence-electron chi connectivity index (χ1n) is 4.39. The van der Waals surface area contributed by atoms with Crippen LogP contribution in [0.3, 0.4) is 0 Å². The average Bonchev–Trinajstić information content (AvgIpc) is 2.19. The molecule has 0 radical (unpaired) electrons. The quantitative estimate of drug-likeness (QED) is 0.834. The van der Waals surface area contributed by atoms with Gasteiger partial charge in [0, 0.05) is 17.2 Å². The summed E-state index contributed by atoms with van der Waals surface area (Å²) in [5.74, 6) is -0.303. The van der Waals surface area contributed by atoms with Crippen molar-refractivity contribution in [3.63, 3.8) is 0 Å². The van der Waals surface area contributed by atoms with E-state index in [9.17, 15) is 4.39 Å². The summed E-state index contributed by atoms with van der Waals surface area (Å²) in [4.78, 5) is 4.04. The number of morpholine rings is 1. The second-order valence-electron chi connectivity index (χ2n) is 3.10. The number of hydrogen-bond acceptors (Lipinski definition) is 3. The van der Waals surface area contributed by atoms with Crippen molar-refractivity contribution in [2.24, 2.45) is 0 Å². The zero-order valence-electron chi connectivity index (χ0n) is 7.46. The lowest BCUT2D eigenvalue weighted by Crippen LogP contribution is -2.35. The van der Waals surface area contributed by atoms with E-state index in [1.807, 2.05) is 0 Å². The number of nitrogens with one attached hydrogen (secondary N) is 1. The first-order chi connectivity index (χ1) is 6.77. The summed E-state index contributed by atoms with van der Waals surface area (Å²) in [6.07, 6.45) is 1.59. The Bertz CT molecular complexity index is 329. The van der Waals surface area contributed by atoms with Gasteiger partial charge in [-0.3, -0.25) is 4.98 Å². The van der Waals surface area contributed by atoms with E-state index in [2.05, 4.69) is 26.2 Å². The van der Waals surface area contributed by atoms with Gasteiger partial charge in [-0.05, 0) is 22.0 Å². The molecule has 3 nitrogen and oxygen atoms in total. The van der Waals surface area contributed by atoms with Gasteiger partial charge in [-0.25, -0.2) is 4.39 Å². The molecule has 1 atom stereocenters. The molecule has 0 bridgehead atoms. The maximum absolute atomic E-state index is 13.4. The van der Waals surface area contributed by atoms with Gasteiger partial charge in [-0.15, -0.1) is 0 Å². The minimum atomic E-state index is -0.303. The second-order valence-corrected chi connectivity index (χ2v) is 4.02. The lowest BCUT2D eigenvalue weighted by molar-refractivity contribution is 0.0743. The van der Waals surface area contributed by atoms with Crippen LogP contribution in [0.25, 0.3) is 0 Å². The van der Waals surface area contributed by atoms with E-state index in [1.54, 1.807) is 6.20 Å². The molecule has 1 unspecified atom stereocenters. The van der Waals surface area contributed by atoms with Gasteiger partial charge in [-0.2, -0.15) is 0 Å². The van der Waals surface area contributed by atoms with Crippen LogP contribution in [0.15, 0.2) is 16.7 Å². The highest BCUT2D eigenvalue weighted by atomic mass is 79.9. The molecule has 0 amide bonds. The topological polar surface area (TPSA) is 34.1 Å². The predicted octanol–water partition coefficient (Wildman–Crippen LogP) is 1.64. The summed E-state index contributed by atoms with van der Waals surface area (Å²) in [5.41, 5.74) is 0.424. The van der Waals surface area contributed by atoms with Crippen molar-refractivity contribution in [2.45, 2.75) is 6.04 Å². The largest absolute Gasteiger partial charge is 0.378 e. The summed E-state index contributed by atoms with van der Waals surface area (Å²) in [5, 5.41) is 3.15. The van der Waals surface area contributed by atoms with Crippen molar-refractivity contribution in [2.75, 3.05) is 19.8 Å². The van der Waals surface area contributed by atoms with Crippen LogP contribution in [0.1, 0.15) is 11.7 Å². The molecule has 1 aliphatic rings. The number of nitrogens with zero attached hydrogens (tertiary/aromatic N) is 1. The third kappa shape index (κ3) is 2.10. The van der Waals surface area contributed by atoms with E-state index in [-0.39, 0.29) is 11.9 Å². The Morgan fingerprint density at radius 2 is 2.50 bits per heavy atom. The van der Waals surface area contributed by atoms with Gasteiger partial charge >= 0.3 is 0 Å². The maximum atomic E-state index is 13.4. The third-order valence-corrected chi connectivity index (χ3v) is 2.52. The summed E-state index contributed by atoms with van der Waals surface area (Å²) < 4.78 is 19.3. The van der Waals surface area contributed by atoms with Crippen LogP contribution < -0.4 is 5.32 Å². The first-order valence-corrected chi connectivity index (χ1v) is 5.19. The number of hydrogen-bond donors (Lipinski definition) is 1. The van der Waals surface area contributed by atoms with Gasteiger partial charge in [-0.1, -0.05) is 0 Å². The van der Waals surface area contributed by atoms with Crippen LogP contribution in [-0.2, 0) is 4.74 Å². The van der Waals surface area contributed by atoms with Gasteiger partial charge in [0.25, 0.3) is 0 Å². The Labute approximate surface area is 89.8 Å². The van der Waals surface area contributed by atoms with Crippen LogP contribution in [0.4, 0.5) is 4.39 Å². The Balaban J connectivity index is 2.22. The lowest BCUT2D eigenvalue weighted by Gasteiger charge is -2.23. The van der Waals surface area contributed by atoms with E-state index in [1.165, 1.54) is 6.07 Å². The molecule has 2 rings (SSSR count). The van der Waals surface area contributed by atoms with Crippen LogP contribution in [-0.4, -0.2) is 24.7 Å². The molecule has 0 spiro atoms. The normalized spacial score (nSPS) is 22.3. The second kappa shape index (κ2) is 4.33. The Morgan fingerprint density at radius 3 is 3.14 bits per heavy atom. The van der Waals surface area contributed by atoms with Crippen LogP contribution in [0, 0.1) is 5.82 Å². The van der Waals surface area contributed by atoms with Crippen molar-refractivity contribution in [3.05, 3.63) is 28.2 Å². The third-order valence-electron chi connectivity index (χ3n) is 2.09. The molecule has 2 heterocycles. The van der Waals surface area contributed by atoms with Crippen molar-refractivity contribution in [3.8, 4) is 0 Å². The van der Waals surface area contributed by atoms with Crippen molar-refractivity contribution < 1.29 is 9.13 Å². The molecular weight excluding hydrogens is 251 g/mol. The summed E-state index contributed by atoms with van der Waals surface area (Å²) in [6.45, 7) is 1.89. The molecule has 0 saturated carbocycles. The monoisotopic (exact) mass is 260 g/mol. The first kappa shape index (κ1) is 10.0. The lowest BCUT2D eigenvalue weighted by atomic mass is 10.2. The van der Waals surface area contributed by atoms with E-state index in [0.29, 0.717) is 23.4 Å². The Hall–Kier alpha value is -0.520. The Morgan fingerprint density at radius 1 is 1.64 bits per heavy atom. The number of halogens is 2. The van der Waals surface area contributed by atoms with E-state index < -0.39 is 0 Å². The molecule has 1 aliphatic heterocycles. The molecule has 1 saturated heterocycles. The number of pyridine rings is 1.